The van der Waals surface area contributed by atoms with Crippen LogP contribution in [0.2, 0.25) is 0 Å². The van der Waals surface area contributed by atoms with Crippen molar-refractivity contribution in [3.05, 3.63) is 24.2 Å². The zero-order valence-corrected chi connectivity index (χ0v) is 13.8. The van der Waals surface area contributed by atoms with Crippen LogP contribution in [0.3, 0.4) is 0 Å². The van der Waals surface area contributed by atoms with Crippen LogP contribution in [0.25, 0.3) is 0 Å². The summed E-state index contributed by atoms with van der Waals surface area (Å²) in [7, 11) is 0. The average molecular weight is 337 g/mol. The van der Waals surface area contributed by atoms with E-state index in [0.29, 0.717) is 5.76 Å². The van der Waals surface area contributed by atoms with E-state index in [1.165, 1.54) is 6.26 Å². The van der Waals surface area contributed by atoms with Gasteiger partial charge in [-0.1, -0.05) is 20.3 Å². The van der Waals surface area contributed by atoms with Gasteiger partial charge in [0, 0.05) is 0 Å². The number of furan rings is 1. The second-order valence-electron chi connectivity index (χ2n) is 5.95. The highest BCUT2D eigenvalue weighted by Gasteiger charge is 2.39. The number of aliphatic hydroxyl groups is 1. The first-order valence-electron chi connectivity index (χ1n) is 8.00. The Morgan fingerprint density at radius 3 is 2.83 bits per heavy atom. The summed E-state index contributed by atoms with van der Waals surface area (Å²) in [6.07, 6.45) is 2.11. The predicted octanol–water partition coefficient (Wildman–Crippen LogP) is 0.613. The number of carbonyl (C=O) groups excluding carboxylic acids is 3. The molecule has 1 aliphatic rings. The summed E-state index contributed by atoms with van der Waals surface area (Å²) < 4.78 is 5.13. The summed E-state index contributed by atoms with van der Waals surface area (Å²) in [6, 6.07) is 1.52. The van der Waals surface area contributed by atoms with Gasteiger partial charge in [-0.2, -0.15) is 0 Å². The smallest absolute Gasteiger partial charge is 0.325 e. The quantitative estimate of drug-likeness (QED) is 0.602. The van der Waals surface area contributed by atoms with Gasteiger partial charge in [0.05, 0.1) is 31.9 Å². The van der Waals surface area contributed by atoms with Crippen LogP contribution in [0, 0.1) is 5.92 Å². The molecule has 8 heteroatoms. The predicted molar refractivity (Wildman–Crippen MR) is 84.7 cm³/mol. The van der Waals surface area contributed by atoms with Crippen molar-refractivity contribution in [1.29, 1.82) is 0 Å². The fourth-order valence-electron chi connectivity index (χ4n) is 2.53. The molecule has 0 bridgehead atoms. The zero-order chi connectivity index (χ0) is 17.7. The van der Waals surface area contributed by atoms with Crippen molar-refractivity contribution < 1.29 is 23.9 Å². The Labute approximate surface area is 140 Å². The molecule has 4 amide bonds. The van der Waals surface area contributed by atoms with Crippen molar-refractivity contribution in [2.75, 3.05) is 6.61 Å². The Bertz CT molecular complexity index is 587. The Kier molecular flexibility index (Phi) is 5.97. The topological polar surface area (TPSA) is 112 Å². The number of nitrogens with one attached hydrogen (secondary N) is 2. The normalized spacial score (nSPS) is 20.0. The zero-order valence-electron chi connectivity index (χ0n) is 13.8. The first-order valence-corrected chi connectivity index (χ1v) is 8.00. The molecule has 1 aromatic heterocycles. The summed E-state index contributed by atoms with van der Waals surface area (Å²) in [5.74, 6) is -0.243. The molecule has 0 aromatic carbocycles. The summed E-state index contributed by atoms with van der Waals surface area (Å²) in [5.41, 5.74) is 0. The molecule has 1 fully saturated rings. The lowest BCUT2D eigenvalue weighted by molar-refractivity contribution is -0.131. The van der Waals surface area contributed by atoms with E-state index >= 15 is 0 Å². The molecule has 0 spiro atoms. The van der Waals surface area contributed by atoms with Crippen LogP contribution >= 0.6 is 0 Å². The Morgan fingerprint density at radius 2 is 2.25 bits per heavy atom. The second-order valence-corrected chi connectivity index (χ2v) is 5.95. The molecule has 0 radical (unpaired) electrons. The molecule has 1 aromatic rings. The highest BCUT2D eigenvalue weighted by Crippen LogP contribution is 2.15. The SMILES string of the molecule is CC[C@H](C)[C@H](CO)NC(=O)C[C@@H]1NC(=O)N(Cc2ccco2)C1=O. The van der Waals surface area contributed by atoms with Crippen molar-refractivity contribution in [2.45, 2.75) is 45.3 Å². The van der Waals surface area contributed by atoms with Crippen LogP contribution in [0.15, 0.2) is 22.8 Å². The summed E-state index contributed by atoms with van der Waals surface area (Å²) in [5, 5.41) is 14.6. The Hall–Kier alpha value is -2.35. The highest BCUT2D eigenvalue weighted by atomic mass is 16.3. The van der Waals surface area contributed by atoms with Gasteiger partial charge in [-0.25, -0.2) is 4.79 Å². The standard InChI is InChI=1S/C16H23N3O5/c1-3-10(2)13(9-20)17-14(21)7-12-15(22)19(16(23)18-12)8-11-5-4-6-24-11/h4-6,10,12-13,20H,3,7-9H2,1-2H3,(H,17,21)(H,18,23)/t10-,12-,13-/m0/s1. The first kappa shape index (κ1) is 18.0. The molecule has 0 aliphatic carbocycles. The van der Waals surface area contributed by atoms with Crippen molar-refractivity contribution in [2.24, 2.45) is 5.92 Å². The van der Waals surface area contributed by atoms with Crippen LogP contribution in [0.4, 0.5) is 4.79 Å². The molecule has 3 N–H and O–H groups in total. The molecule has 2 heterocycles. The van der Waals surface area contributed by atoms with E-state index in [1.807, 2.05) is 13.8 Å². The number of rotatable bonds is 8. The van der Waals surface area contributed by atoms with E-state index in [2.05, 4.69) is 10.6 Å². The Balaban J connectivity index is 1.92. The Morgan fingerprint density at radius 1 is 1.50 bits per heavy atom. The fourth-order valence-corrected chi connectivity index (χ4v) is 2.53. The molecule has 1 saturated heterocycles. The summed E-state index contributed by atoms with van der Waals surface area (Å²) in [4.78, 5) is 37.3. The van der Waals surface area contributed by atoms with Gasteiger partial charge in [-0.05, 0) is 18.1 Å². The molecule has 132 valence electrons. The number of hydrogen-bond acceptors (Lipinski definition) is 5. The lowest BCUT2D eigenvalue weighted by Gasteiger charge is -2.22. The lowest BCUT2D eigenvalue weighted by atomic mass is 9.99. The highest BCUT2D eigenvalue weighted by molar-refractivity contribution is 6.05. The lowest BCUT2D eigenvalue weighted by Crippen LogP contribution is -2.44. The molecule has 0 saturated carbocycles. The van der Waals surface area contributed by atoms with Crippen LogP contribution in [0.1, 0.15) is 32.4 Å². The number of urea groups is 1. The number of nitrogens with zero attached hydrogens (tertiary/aromatic N) is 1. The van der Waals surface area contributed by atoms with E-state index in [4.69, 9.17) is 4.42 Å². The molecular weight excluding hydrogens is 314 g/mol. The third-order valence-corrected chi connectivity index (χ3v) is 4.26. The second kappa shape index (κ2) is 7.96. The van der Waals surface area contributed by atoms with Crippen LogP contribution < -0.4 is 10.6 Å². The first-order chi connectivity index (χ1) is 11.5. The van der Waals surface area contributed by atoms with Crippen molar-refractivity contribution in [3.63, 3.8) is 0 Å². The van der Waals surface area contributed by atoms with Gasteiger partial charge in [-0.3, -0.25) is 14.5 Å². The number of imide groups is 1. The maximum Gasteiger partial charge on any atom is 0.325 e. The van der Waals surface area contributed by atoms with Crippen LogP contribution in [-0.2, 0) is 16.1 Å². The van der Waals surface area contributed by atoms with Crippen LogP contribution in [-0.4, -0.2) is 46.5 Å². The minimum Gasteiger partial charge on any atom is -0.467 e. The van der Waals surface area contributed by atoms with Crippen molar-refractivity contribution in [3.8, 4) is 0 Å². The molecule has 24 heavy (non-hydrogen) atoms. The molecular formula is C16H23N3O5. The van der Waals surface area contributed by atoms with E-state index < -0.39 is 18.0 Å². The van der Waals surface area contributed by atoms with Crippen molar-refractivity contribution >= 4 is 17.8 Å². The van der Waals surface area contributed by atoms with Crippen LogP contribution in [0.5, 0.6) is 0 Å². The average Bonchev–Trinajstić information content (AvgIpc) is 3.16. The third kappa shape index (κ3) is 4.14. The number of hydrogen-bond donors (Lipinski definition) is 3. The minimum atomic E-state index is -0.899. The van der Waals surface area contributed by atoms with Gasteiger partial charge in [0.15, 0.2) is 0 Å². The van der Waals surface area contributed by atoms with E-state index in [-0.39, 0.29) is 37.4 Å². The van der Waals surface area contributed by atoms with Gasteiger partial charge in [0.25, 0.3) is 5.91 Å². The molecule has 3 atom stereocenters. The van der Waals surface area contributed by atoms with Gasteiger partial charge < -0.3 is 20.2 Å². The monoisotopic (exact) mass is 337 g/mol. The number of amides is 4. The van der Waals surface area contributed by atoms with E-state index in [0.717, 1.165) is 11.3 Å². The van der Waals surface area contributed by atoms with E-state index in [1.54, 1.807) is 12.1 Å². The minimum absolute atomic E-state index is 0.0297. The van der Waals surface area contributed by atoms with Gasteiger partial charge in [-0.15, -0.1) is 0 Å². The molecule has 0 unspecified atom stereocenters. The molecule has 2 rings (SSSR count). The summed E-state index contributed by atoms with van der Waals surface area (Å²) >= 11 is 0. The van der Waals surface area contributed by atoms with Gasteiger partial charge in [0.1, 0.15) is 11.8 Å². The largest absolute Gasteiger partial charge is 0.467 e. The maximum absolute atomic E-state index is 12.3. The number of carbonyl (C=O) groups is 3. The van der Waals surface area contributed by atoms with Crippen molar-refractivity contribution in [1.82, 2.24) is 15.5 Å². The number of aliphatic hydroxyl groups excluding tert-OH is 1. The molecule has 1 aliphatic heterocycles. The third-order valence-electron chi connectivity index (χ3n) is 4.26. The van der Waals surface area contributed by atoms with Gasteiger partial charge in [0.2, 0.25) is 5.91 Å². The van der Waals surface area contributed by atoms with Gasteiger partial charge >= 0.3 is 6.03 Å². The maximum atomic E-state index is 12.3. The fraction of sp³-hybridized carbons (Fsp3) is 0.562. The summed E-state index contributed by atoms with van der Waals surface area (Å²) in [6.45, 7) is 3.75. The van der Waals surface area contributed by atoms with E-state index in [9.17, 15) is 19.5 Å². The molecule has 8 nitrogen and oxygen atoms in total.